The zero-order chi connectivity index (χ0) is 17.6. The first-order valence-corrected chi connectivity index (χ1v) is 8.47. The average Bonchev–Trinajstić information content (AvgIpc) is 3.09. The number of benzene rings is 2. The lowest BCUT2D eigenvalue weighted by molar-refractivity contribution is -0.121. The minimum absolute atomic E-state index is 0.0193. The monoisotopic (exact) mass is 334 g/mol. The molecule has 0 aliphatic rings. The molecule has 1 heterocycles. The van der Waals surface area contributed by atoms with Gasteiger partial charge in [-0.2, -0.15) is 0 Å². The highest BCUT2D eigenvalue weighted by atomic mass is 16.3. The van der Waals surface area contributed by atoms with Crippen LogP contribution in [0.25, 0.3) is 11.5 Å². The van der Waals surface area contributed by atoms with Gasteiger partial charge in [-0.1, -0.05) is 62.4 Å². The summed E-state index contributed by atoms with van der Waals surface area (Å²) in [5, 5.41) is 3.11. The first-order valence-electron chi connectivity index (χ1n) is 8.47. The van der Waals surface area contributed by atoms with E-state index in [1.807, 2.05) is 60.7 Å². The summed E-state index contributed by atoms with van der Waals surface area (Å²) in [6.45, 7) is 4.20. The third-order valence-electron chi connectivity index (χ3n) is 4.06. The fraction of sp³-hybridized carbons (Fsp3) is 0.238. The van der Waals surface area contributed by atoms with Crippen LogP contribution in [0, 0.1) is 5.92 Å². The predicted molar refractivity (Wildman–Crippen MR) is 97.8 cm³/mol. The Labute approximate surface area is 147 Å². The summed E-state index contributed by atoms with van der Waals surface area (Å²) in [5.74, 6) is 0.769. The Hall–Kier alpha value is -2.88. The van der Waals surface area contributed by atoms with Crippen molar-refractivity contribution in [1.82, 2.24) is 10.3 Å². The van der Waals surface area contributed by atoms with Crippen molar-refractivity contribution in [2.45, 2.75) is 26.3 Å². The quantitative estimate of drug-likeness (QED) is 0.727. The molecule has 1 aromatic heterocycles. The van der Waals surface area contributed by atoms with Crippen LogP contribution in [-0.4, -0.2) is 10.9 Å². The van der Waals surface area contributed by atoms with Crippen LogP contribution in [0.1, 0.15) is 31.1 Å². The molecule has 0 aliphatic carbocycles. The standard InChI is InChI=1S/C21H22N2O2/c1-15(2)20(16-9-5-3-6-10-16)23-19(24)13-18-14-25-21(22-18)17-11-7-4-8-12-17/h3-12,14-15,20H,13H2,1-2H3,(H,23,24). The highest BCUT2D eigenvalue weighted by Crippen LogP contribution is 2.22. The summed E-state index contributed by atoms with van der Waals surface area (Å²) in [5.41, 5.74) is 2.64. The fourth-order valence-corrected chi connectivity index (χ4v) is 2.79. The van der Waals surface area contributed by atoms with Crippen LogP contribution in [-0.2, 0) is 11.2 Å². The number of hydrogen-bond donors (Lipinski definition) is 1. The van der Waals surface area contributed by atoms with Crippen molar-refractivity contribution < 1.29 is 9.21 Å². The molecule has 3 aromatic rings. The van der Waals surface area contributed by atoms with Gasteiger partial charge >= 0.3 is 0 Å². The van der Waals surface area contributed by atoms with Crippen LogP contribution < -0.4 is 5.32 Å². The van der Waals surface area contributed by atoms with Crippen LogP contribution >= 0.6 is 0 Å². The molecule has 4 nitrogen and oxygen atoms in total. The number of aromatic nitrogens is 1. The molecule has 0 saturated carbocycles. The average molecular weight is 334 g/mol. The van der Waals surface area contributed by atoms with Crippen molar-refractivity contribution in [1.29, 1.82) is 0 Å². The molecule has 1 N–H and O–H groups in total. The molecule has 3 rings (SSSR count). The molecule has 2 aromatic carbocycles. The summed E-state index contributed by atoms with van der Waals surface area (Å²) in [6, 6.07) is 19.7. The van der Waals surface area contributed by atoms with E-state index in [1.54, 1.807) is 6.26 Å². The lowest BCUT2D eigenvalue weighted by Gasteiger charge is -2.22. The second-order valence-corrected chi connectivity index (χ2v) is 6.39. The molecule has 0 radical (unpaired) electrons. The largest absolute Gasteiger partial charge is 0.444 e. The van der Waals surface area contributed by atoms with Gasteiger partial charge in [0.2, 0.25) is 11.8 Å². The van der Waals surface area contributed by atoms with Gasteiger partial charge in [0.15, 0.2) is 0 Å². The van der Waals surface area contributed by atoms with E-state index in [1.165, 1.54) is 0 Å². The minimum atomic E-state index is -0.0598. The summed E-state index contributed by atoms with van der Waals surface area (Å²) < 4.78 is 5.50. The lowest BCUT2D eigenvalue weighted by Crippen LogP contribution is -2.32. The van der Waals surface area contributed by atoms with Gasteiger partial charge in [-0.3, -0.25) is 4.79 Å². The Morgan fingerprint density at radius 2 is 1.68 bits per heavy atom. The number of oxazole rings is 1. The van der Waals surface area contributed by atoms with Gasteiger partial charge < -0.3 is 9.73 Å². The maximum absolute atomic E-state index is 12.5. The Bertz CT molecular complexity index is 810. The number of rotatable bonds is 6. The molecule has 0 spiro atoms. The van der Waals surface area contributed by atoms with E-state index >= 15 is 0 Å². The molecule has 25 heavy (non-hydrogen) atoms. The lowest BCUT2D eigenvalue weighted by atomic mass is 9.96. The minimum Gasteiger partial charge on any atom is -0.444 e. The molecular formula is C21H22N2O2. The molecule has 0 fully saturated rings. The smallest absolute Gasteiger partial charge is 0.226 e. The molecule has 0 aliphatic heterocycles. The van der Waals surface area contributed by atoms with Gasteiger partial charge in [0.25, 0.3) is 0 Å². The first kappa shape index (κ1) is 17.0. The Morgan fingerprint density at radius 1 is 1.04 bits per heavy atom. The third kappa shape index (κ3) is 4.35. The molecule has 1 atom stereocenters. The first-order chi connectivity index (χ1) is 12.1. The third-order valence-corrected chi connectivity index (χ3v) is 4.06. The van der Waals surface area contributed by atoms with Gasteiger partial charge in [-0.05, 0) is 23.6 Å². The van der Waals surface area contributed by atoms with Crippen molar-refractivity contribution in [3.05, 3.63) is 78.2 Å². The van der Waals surface area contributed by atoms with Crippen LogP contribution in [0.4, 0.5) is 0 Å². The number of nitrogens with one attached hydrogen (secondary N) is 1. The van der Waals surface area contributed by atoms with Crippen LogP contribution in [0.3, 0.4) is 0 Å². The van der Waals surface area contributed by atoms with E-state index in [9.17, 15) is 4.79 Å². The molecule has 0 bridgehead atoms. The molecule has 1 amide bonds. The summed E-state index contributed by atoms with van der Waals surface area (Å²) >= 11 is 0. The Balaban J connectivity index is 1.67. The number of carbonyl (C=O) groups excluding carboxylic acids is 1. The van der Waals surface area contributed by atoms with Crippen molar-refractivity contribution in [2.24, 2.45) is 5.92 Å². The zero-order valence-electron chi connectivity index (χ0n) is 14.5. The van der Waals surface area contributed by atoms with Crippen LogP contribution in [0.5, 0.6) is 0 Å². The highest BCUT2D eigenvalue weighted by Gasteiger charge is 2.19. The van der Waals surface area contributed by atoms with E-state index in [4.69, 9.17) is 4.42 Å². The Kier molecular flexibility index (Phi) is 5.29. The fourth-order valence-electron chi connectivity index (χ4n) is 2.79. The van der Waals surface area contributed by atoms with Gasteiger partial charge in [-0.15, -0.1) is 0 Å². The van der Waals surface area contributed by atoms with Gasteiger partial charge in [0.1, 0.15) is 6.26 Å². The summed E-state index contributed by atoms with van der Waals surface area (Å²) in [6.07, 6.45) is 1.75. The Morgan fingerprint density at radius 3 is 2.32 bits per heavy atom. The van der Waals surface area contributed by atoms with Crippen LogP contribution in [0.2, 0.25) is 0 Å². The van der Waals surface area contributed by atoms with E-state index in [2.05, 4.69) is 24.1 Å². The van der Waals surface area contributed by atoms with E-state index in [0.717, 1.165) is 11.1 Å². The molecule has 128 valence electrons. The van der Waals surface area contributed by atoms with Gasteiger partial charge in [-0.25, -0.2) is 4.98 Å². The van der Waals surface area contributed by atoms with Crippen LogP contribution in [0.15, 0.2) is 71.3 Å². The summed E-state index contributed by atoms with van der Waals surface area (Å²) in [4.78, 5) is 16.9. The maximum atomic E-state index is 12.5. The second-order valence-electron chi connectivity index (χ2n) is 6.39. The molecule has 0 saturated heterocycles. The zero-order valence-corrected chi connectivity index (χ0v) is 14.5. The number of nitrogens with zero attached hydrogens (tertiary/aromatic N) is 1. The predicted octanol–water partition coefficient (Wildman–Crippen LogP) is 4.40. The topological polar surface area (TPSA) is 55.1 Å². The van der Waals surface area contributed by atoms with Crippen molar-refractivity contribution in [2.75, 3.05) is 0 Å². The van der Waals surface area contributed by atoms with Gasteiger partial charge in [0, 0.05) is 5.56 Å². The summed E-state index contributed by atoms with van der Waals surface area (Å²) in [7, 11) is 0. The van der Waals surface area contributed by atoms with Crippen molar-refractivity contribution in [3.8, 4) is 11.5 Å². The number of hydrogen-bond acceptors (Lipinski definition) is 3. The second kappa shape index (κ2) is 7.79. The van der Waals surface area contributed by atoms with Crippen molar-refractivity contribution >= 4 is 5.91 Å². The normalized spacial score (nSPS) is 12.1. The molecular weight excluding hydrogens is 312 g/mol. The SMILES string of the molecule is CC(C)C(NC(=O)Cc1coc(-c2ccccc2)n1)c1ccccc1. The number of amides is 1. The number of carbonyl (C=O) groups is 1. The van der Waals surface area contributed by atoms with Crippen molar-refractivity contribution in [3.63, 3.8) is 0 Å². The van der Waals surface area contributed by atoms with E-state index in [0.29, 0.717) is 17.5 Å². The molecule has 4 heteroatoms. The van der Waals surface area contributed by atoms with E-state index in [-0.39, 0.29) is 18.4 Å². The maximum Gasteiger partial charge on any atom is 0.226 e. The highest BCUT2D eigenvalue weighted by molar-refractivity contribution is 5.78. The van der Waals surface area contributed by atoms with Gasteiger partial charge in [0.05, 0.1) is 18.2 Å². The van der Waals surface area contributed by atoms with E-state index < -0.39 is 0 Å². The molecule has 1 unspecified atom stereocenters.